The molecule has 0 bridgehead atoms. The van der Waals surface area contributed by atoms with E-state index in [0.717, 1.165) is 11.3 Å². The average Bonchev–Trinajstić information content (AvgIpc) is 3.09. The van der Waals surface area contributed by atoms with Crippen molar-refractivity contribution in [3.8, 4) is 11.5 Å². The van der Waals surface area contributed by atoms with Gasteiger partial charge in [-0.25, -0.2) is 0 Å². The van der Waals surface area contributed by atoms with Gasteiger partial charge in [0.15, 0.2) is 0 Å². The van der Waals surface area contributed by atoms with Crippen LogP contribution in [0.15, 0.2) is 51.5 Å². The number of furan rings is 1. The van der Waals surface area contributed by atoms with E-state index in [2.05, 4.69) is 10.2 Å². The molecular formula is C14H9ClN2O2. The van der Waals surface area contributed by atoms with Gasteiger partial charge in [0, 0.05) is 16.7 Å². The number of benzene rings is 1. The first-order valence-corrected chi connectivity index (χ1v) is 6.00. The molecule has 0 N–H and O–H groups in total. The molecule has 0 aliphatic heterocycles. The van der Waals surface area contributed by atoms with E-state index in [-0.39, 0.29) is 0 Å². The highest BCUT2D eigenvalue weighted by Crippen LogP contribution is 2.20. The van der Waals surface area contributed by atoms with Crippen molar-refractivity contribution in [3.05, 3.63) is 59.3 Å². The molecular weight excluding hydrogens is 264 g/mol. The second-order valence-electron chi connectivity index (χ2n) is 3.80. The van der Waals surface area contributed by atoms with E-state index in [1.165, 1.54) is 0 Å². The number of halogens is 1. The molecule has 0 fully saturated rings. The van der Waals surface area contributed by atoms with E-state index in [1.807, 2.05) is 24.3 Å². The lowest BCUT2D eigenvalue weighted by atomic mass is 10.2. The Bertz CT molecular complexity index is 685. The molecule has 0 atom stereocenters. The molecule has 4 nitrogen and oxygen atoms in total. The molecule has 2 aromatic heterocycles. The molecule has 0 saturated heterocycles. The highest BCUT2D eigenvalue weighted by Gasteiger charge is 2.06. The average molecular weight is 273 g/mol. The lowest BCUT2D eigenvalue weighted by Crippen LogP contribution is -1.76. The summed E-state index contributed by atoms with van der Waals surface area (Å²) in [5, 5.41) is 8.58. The zero-order chi connectivity index (χ0) is 13.1. The van der Waals surface area contributed by atoms with Gasteiger partial charge in [0.2, 0.25) is 11.8 Å². The number of nitrogens with zero attached hydrogens (tertiary/aromatic N) is 2. The van der Waals surface area contributed by atoms with E-state index >= 15 is 0 Å². The standard InChI is InChI=1S/C14H9ClN2O2/c15-11-5-3-10(4-6-11)14-17-16-13(19-14)8-7-12-2-1-9-18-12/h1-9H/b8-7+. The highest BCUT2D eigenvalue weighted by molar-refractivity contribution is 6.30. The Morgan fingerprint density at radius 3 is 2.58 bits per heavy atom. The first-order valence-electron chi connectivity index (χ1n) is 5.62. The summed E-state index contributed by atoms with van der Waals surface area (Å²) in [7, 11) is 0. The van der Waals surface area contributed by atoms with Crippen LogP contribution < -0.4 is 0 Å². The van der Waals surface area contributed by atoms with Crippen LogP contribution in [-0.2, 0) is 0 Å². The molecule has 0 amide bonds. The van der Waals surface area contributed by atoms with Crippen molar-refractivity contribution in [1.29, 1.82) is 0 Å². The Morgan fingerprint density at radius 2 is 1.84 bits per heavy atom. The minimum Gasteiger partial charge on any atom is -0.465 e. The summed E-state index contributed by atoms with van der Waals surface area (Å²) >= 11 is 5.82. The summed E-state index contributed by atoms with van der Waals surface area (Å²) in [6.45, 7) is 0. The molecule has 94 valence electrons. The summed E-state index contributed by atoms with van der Waals surface area (Å²) in [6.07, 6.45) is 5.07. The van der Waals surface area contributed by atoms with E-state index < -0.39 is 0 Å². The fourth-order valence-electron chi connectivity index (χ4n) is 1.55. The lowest BCUT2D eigenvalue weighted by molar-refractivity contribution is 0.552. The Morgan fingerprint density at radius 1 is 1.00 bits per heavy atom. The number of hydrogen-bond acceptors (Lipinski definition) is 4. The Hall–Kier alpha value is -2.33. The van der Waals surface area contributed by atoms with Crippen molar-refractivity contribution < 1.29 is 8.83 Å². The summed E-state index contributed by atoms with van der Waals surface area (Å²) in [4.78, 5) is 0. The third kappa shape index (κ3) is 2.74. The largest absolute Gasteiger partial charge is 0.465 e. The second kappa shape index (κ2) is 5.12. The minimum absolute atomic E-state index is 0.418. The monoisotopic (exact) mass is 272 g/mol. The van der Waals surface area contributed by atoms with Crippen molar-refractivity contribution in [2.24, 2.45) is 0 Å². The maximum absolute atomic E-state index is 5.82. The van der Waals surface area contributed by atoms with E-state index in [4.69, 9.17) is 20.4 Å². The zero-order valence-corrected chi connectivity index (χ0v) is 10.5. The second-order valence-corrected chi connectivity index (χ2v) is 4.24. The van der Waals surface area contributed by atoms with Gasteiger partial charge < -0.3 is 8.83 Å². The van der Waals surface area contributed by atoms with Crippen molar-refractivity contribution >= 4 is 23.8 Å². The summed E-state index contributed by atoms with van der Waals surface area (Å²) in [5.74, 6) is 1.60. The molecule has 3 aromatic rings. The molecule has 0 aliphatic carbocycles. The summed E-state index contributed by atoms with van der Waals surface area (Å²) < 4.78 is 10.7. The smallest absolute Gasteiger partial charge is 0.248 e. The van der Waals surface area contributed by atoms with Gasteiger partial charge in [-0.15, -0.1) is 10.2 Å². The molecule has 0 aliphatic rings. The van der Waals surface area contributed by atoms with Gasteiger partial charge in [-0.05, 0) is 42.5 Å². The van der Waals surface area contributed by atoms with Gasteiger partial charge in [0.1, 0.15) is 5.76 Å². The molecule has 0 radical (unpaired) electrons. The van der Waals surface area contributed by atoms with Crippen molar-refractivity contribution in [2.75, 3.05) is 0 Å². The topological polar surface area (TPSA) is 52.1 Å². The zero-order valence-electron chi connectivity index (χ0n) is 9.79. The van der Waals surface area contributed by atoms with Crippen LogP contribution in [0.3, 0.4) is 0 Å². The number of rotatable bonds is 3. The van der Waals surface area contributed by atoms with Crippen LogP contribution in [0.1, 0.15) is 11.7 Å². The van der Waals surface area contributed by atoms with Crippen LogP contribution in [0.5, 0.6) is 0 Å². The van der Waals surface area contributed by atoms with Crippen LogP contribution in [0.25, 0.3) is 23.6 Å². The Kier molecular flexibility index (Phi) is 3.16. The normalized spacial score (nSPS) is 11.2. The molecule has 5 heteroatoms. The lowest BCUT2D eigenvalue weighted by Gasteiger charge is -1.93. The van der Waals surface area contributed by atoms with Crippen LogP contribution in [0.4, 0.5) is 0 Å². The van der Waals surface area contributed by atoms with Crippen LogP contribution in [0, 0.1) is 0 Å². The van der Waals surface area contributed by atoms with Gasteiger partial charge in [-0.3, -0.25) is 0 Å². The number of aromatic nitrogens is 2. The fourth-order valence-corrected chi connectivity index (χ4v) is 1.68. The number of hydrogen-bond donors (Lipinski definition) is 0. The maximum Gasteiger partial charge on any atom is 0.248 e. The molecule has 0 unspecified atom stereocenters. The van der Waals surface area contributed by atoms with Crippen molar-refractivity contribution in [2.45, 2.75) is 0 Å². The minimum atomic E-state index is 0.418. The van der Waals surface area contributed by atoms with Crippen LogP contribution >= 0.6 is 11.6 Å². The molecule has 1 aromatic carbocycles. The summed E-state index contributed by atoms with van der Waals surface area (Å²) in [6, 6.07) is 10.9. The SMILES string of the molecule is Clc1ccc(-c2nnc(/C=C/c3ccco3)o2)cc1. The van der Waals surface area contributed by atoms with Crippen LogP contribution in [-0.4, -0.2) is 10.2 Å². The predicted molar refractivity (Wildman–Crippen MR) is 72.4 cm³/mol. The fraction of sp³-hybridized carbons (Fsp3) is 0. The predicted octanol–water partition coefficient (Wildman–Crippen LogP) is 4.15. The molecule has 19 heavy (non-hydrogen) atoms. The first-order chi connectivity index (χ1) is 9.31. The highest BCUT2D eigenvalue weighted by atomic mass is 35.5. The van der Waals surface area contributed by atoms with E-state index in [9.17, 15) is 0 Å². The van der Waals surface area contributed by atoms with E-state index in [0.29, 0.717) is 16.8 Å². The van der Waals surface area contributed by atoms with Gasteiger partial charge in [-0.1, -0.05) is 11.6 Å². The molecule has 3 rings (SSSR count). The Balaban J connectivity index is 1.81. The molecule has 0 spiro atoms. The van der Waals surface area contributed by atoms with Crippen LogP contribution in [0.2, 0.25) is 5.02 Å². The summed E-state index contributed by atoms with van der Waals surface area (Å²) in [5.41, 5.74) is 0.828. The quantitative estimate of drug-likeness (QED) is 0.718. The van der Waals surface area contributed by atoms with Gasteiger partial charge in [-0.2, -0.15) is 0 Å². The third-order valence-electron chi connectivity index (χ3n) is 2.47. The third-order valence-corrected chi connectivity index (χ3v) is 2.72. The molecule has 2 heterocycles. The first kappa shape index (κ1) is 11.7. The maximum atomic E-state index is 5.82. The van der Waals surface area contributed by atoms with Gasteiger partial charge in [0.25, 0.3) is 0 Å². The van der Waals surface area contributed by atoms with Gasteiger partial charge in [0.05, 0.1) is 6.26 Å². The van der Waals surface area contributed by atoms with Crippen molar-refractivity contribution in [3.63, 3.8) is 0 Å². The van der Waals surface area contributed by atoms with Crippen molar-refractivity contribution in [1.82, 2.24) is 10.2 Å². The van der Waals surface area contributed by atoms with Gasteiger partial charge >= 0.3 is 0 Å². The Labute approximate surface area is 114 Å². The van der Waals surface area contributed by atoms with E-state index in [1.54, 1.807) is 30.5 Å². The molecule has 0 saturated carbocycles.